The van der Waals surface area contributed by atoms with Crippen molar-refractivity contribution in [3.8, 4) is 0 Å². The zero-order chi connectivity index (χ0) is 23.2. The molecule has 0 saturated carbocycles. The highest BCUT2D eigenvalue weighted by atomic mass is 32.2. The van der Waals surface area contributed by atoms with Crippen molar-refractivity contribution in [1.29, 1.82) is 0 Å². The molecule has 0 radical (unpaired) electrons. The SMILES string of the molecule is C/C=C\C(=CC/C=C/S(C)(=O)=O)n1cnc(C(F)(F)F)c1.CC.CC1=CC=CCC1. The Morgan fingerprint density at radius 3 is 2.37 bits per heavy atom. The van der Waals surface area contributed by atoms with Crippen molar-refractivity contribution in [2.24, 2.45) is 0 Å². The predicted octanol–water partition coefficient (Wildman–Crippen LogP) is 6.58. The average molecular weight is 445 g/mol. The van der Waals surface area contributed by atoms with Gasteiger partial charge in [-0.25, -0.2) is 13.4 Å². The van der Waals surface area contributed by atoms with E-state index in [4.69, 9.17) is 0 Å². The fraction of sp³-hybridized carbons (Fsp3) is 0.409. The molecule has 1 aromatic rings. The van der Waals surface area contributed by atoms with Gasteiger partial charge in [0.25, 0.3) is 0 Å². The van der Waals surface area contributed by atoms with E-state index in [2.05, 4.69) is 30.1 Å². The Kier molecular flexibility index (Phi) is 12.7. The van der Waals surface area contributed by atoms with Crippen LogP contribution in [-0.2, 0) is 16.0 Å². The second-order valence-corrected chi connectivity index (χ2v) is 8.14. The van der Waals surface area contributed by atoms with Gasteiger partial charge in [-0.2, -0.15) is 13.2 Å². The first-order valence-electron chi connectivity index (χ1n) is 9.66. The molecule has 0 saturated heterocycles. The maximum absolute atomic E-state index is 12.5. The molecule has 2 rings (SSSR count). The van der Waals surface area contributed by atoms with Crippen molar-refractivity contribution in [1.82, 2.24) is 9.55 Å². The molecule has 0 bridgehead atoms. The summed E-state index contributed by atoms with van der Waals surface area (Å²) in [6, 6.07) is 0. The minimum Gasteiger partial charge on any atom is -0.306 e. The molecular formula is C22H31F3N2O2S. The smallest absolute Gasteiger partial charge is 0.306 e. The maximum atomic E-state index is 12.5. The molecule has 168 valence electrons. The number of allylic oxidation sites excluding steroid dienone is 9. The minimum atomic E-state index is -4.50. The van der Waals surface area contributed by atoms with Crippen LogP contribution in [0.15, 0.2) is 66.0 Å². The van der Waals surface area contributed by atoms with Gasteiger partial charge >= 0.3 is 6.18 Å². The molecule has 1 aliphatic carbocycles. The van der Waals surface area contributed by atoms with E-state index >= 15 is 0 Å². The third kappa shape index (κ3) is 12.3. The van der Waals surface area contributed by atoms with Gasteiger partial charge in [0.15, 0.2) is 15.5 Å². The summed E-state index contributed by atoms with van der Waals surface area (Å²) in [6.07, 6.45) is 14.1. The average Bonchev–Trinajstić information content (AvgIpc) is 3.17. The number of hydrogen-bond acceptors (Lipinski definition) is 3. The van der Waals surface area contributed by atoms with E-state index in [0.717, 1.165) is 24.2 Å². The Morgan fingerprint density at radius 1 is 1.30 bits per heavy atom. The summed E-state index contributed by atoms with van der Waals surface area (Å²) in [7, 11) is -3.21. The number of aromatic nitrogens is 2. The highest BCUT2D eigenvalue weighted by Gasteiger charge is 2.33. The lowest BCUT2D eigenvalue weighted by molar-refractivity contribution is -0.140. The van der Waals surface area contributed by atoms with Gasteiger partial charge < -0.3 is 4.57 Å². The lowest BCUT2D eigenvalue weighted by Crippen LogP contribution is -2.04. The standard InChI is InChI=1S/C13H15F3N2O2S.C7H10.C2H6/c1-3-6-11(7-4-5-8-21(2,19)20)18-9-12(17-10-18)13(14,15)16;1-7-5-3-2-4-6-7;1-2/h3,5-10H,4H2,1-2H3;2-3,5H,4,6H2,1H3;1-2H3/b6-3-,8-5+,11-7?;;. The largest absolute Gasteiger partial charge is 0.434 e. The summed E-state index contributed by atoms with van der Waals surface area (Å²) in [6.45, 7) is 7.89. The number of rotatable bonds is 5. The number of sulfone groups is 1. The monoisotopic (exact) mass is 444 g/mol. The Morgan fingerprint density at radius 2 is 1.97 bits per heavy atom. The molecule has 0 N–H and O–H groups in total. The highest BCUT2D eigenvalue weighted by molar-refractivity contribution is 7.93. The molecule has 1 heterocycles. The number of hydrogen-bond donors (Lipinski definition) is 0. The molecule has 0 unspecified atom stereocenters. The van der Waals surface area contributed by atoms with Gasteiger partial charge in [-0.15, -0.1) is 0 Å². The first-order valence-corrected chi connectivity index (χ1v) is 11.6. The number of halogens is 3. The van der Waals surface area contributed by atoms with Crippen LogP contribution < -0.4 is 0 Å². The topological polar surface area (TPSA) is 52.0 Å². The Bertz CT molecular complexity index is 888. The van der Waals surface area contributed by atoms with Crippen LogP contribution >= 0.6 is 0 Å². The molecule has 0 amide bonds. The van der Waals surface area contributed by atoms with Crippen LogP contribution in [0.3, 0.4) is 0 Å². The molecule has 8 heteroatoms. The quantitative estimate of drug-likeness (QED) is 0.482. The van der Waals surface area contributed by atoms with Crippen LogP contribution in [0.4, 0.5) is 13.2 Å². The predicted molar refractivity (Wildman–Crippen MR) is 118 cm³/mol. The van der Waals surface area contributed by atoms with Crippen LogP contribution in [0, 0.1) is 0 Å². The van der Waals surface area contributed by atoms with E-state index < -0.39 is 21.7 Å². The molecule has 30 heavy (non-hydrogen) atoms. The van der Waals surface area contributed by atoms with Crippen molar-refractivity contribution in [3.63, 3.8) is 0 Å². The van der Waals surface area contributed by atoms with Crippen LogP contribution in [0.2, 0.25) is 0 Å². The van der Waals surface area contributed by atoms with Gasteiger partial charge in [0, 0.05) is 23.6 Å². The highest BCUT2D eigenvalue weighted by Crippen LogP contribution is 2.28. The molecule has 0 aliphatic heterocycles. The zero-order valence-corrected chi connectivity index (χ0v) is 19.0. The van der Waals surface area contributed by atoms with Crippen molar-refractivity contribution in [3.05, 3.63) is 71.7 Å². The molecule has 1 aromatic heterocycles. The Balaban J connectivity index is 0.000000775. The van der Waals surface area contributed by atoms with E-state index in [9.17, 15) is 21.6 Å². The molecule has 0 spiro atoms. The second kappa shape index (κ2) is 13.8. The summed E-state index contributed by atoms with van der Waals surface area (Å²) in [5.41, 5.74) is 0.991. The normalized spacial score (nSPS) is 14.8. The molecular weight excluding hydrogens is 413 g/mol. The van der Waals surface area contributed by atoms with Gasteiger partial charge in [0.1, 0.15) is 0 Å². The van der Waals surface area contributed by atoms with Crippen molar-refractivity contribution in [2.75, 3.05) is 6.26 Å². The fourth-order valence-electron chi connectivity index (χ4n) is 2.18. The summed E-state index contributed by atoms with van der Waals surface area (Å²) in [5, 5.41) is 1.05. The second-order valence-electron chi connectivity index (χ2n) is 6.21. The number of nitrogens with zero attached hydrogens (tertiary/aromatic N) is 2. The van der Waals surface area contributed by atoms with Crippen LogP contribution in [0.5, 0.6) is 0 Å². The van der Waals surface area contributed by atoms with E-state index in [1.807, 2.05) is 13.8 Å². The van der Waals surface area contributed by atoms with E-state index in [1.54, 1.807) is 25.2 Å². The lowest BCUT2D eigenvalue weighted by atomic mass is 10.1. The zero-order valence-electron chi connectivity index (χ0n) is 18.1. The Labute approximate surface area is 178 Å². The molecule has 0 aromatic carbocycles. The van der Waals surface area contributed by atoms with Crippen LogP contribution in [0.25, 0.3) is 5.70 Å². The van der Waals surface area contributed by atoms with Crippen molar-refractivity contribution in [2.45, 2.75) is 53.1 Å². The maximum Gasteiger partial charge on any atom is 0.434 e. The van der Waals surface area contributed by atoms with Crippen LogP contribution in [0.1, 0.15) is 52.7 Å². The summed E-state index contributed by atoms with van der Waals surface area (Å²) >= 11 is 0. The minimum absolute atomic E-state index is 0.270. The van der Waals surface area contributed by atoms with Gasteiger partial charge in [0.2, 0.25) is 0 Å². The summed E-state index contributed by atoms with van der Waals surface area (Å²) in [5.74, 6) is 0. The van der Waals surface area contributed by atoms with E-state index in [-0.39, 0.29) is 6.42 Å². The van der Waals surface area contributed by atoms with Gasteiger partial charge in [-0.05, 0) is 39.2 Å². The van der Waals surface area contributed by atoms with Crippen molar-refractivity contribution < 1.29 is 21.6 Å². The first kappa shape index (κ1) is 27.6. The fourth-order valence-corrected chi connectivity index (χ4v) is 2.64. The Hall–Kier alpha value is -2.35. The molecule has 0 fully saturated rings. The number of alkyl halides is 3. The van der Waals surface area contributed by atoms with Gasteiger partial charge in [0.05, 0.1) is 6.33 Å². The van der Waals surface area contributed by atoms with Crippen molar-refractivity contribution >= 4 is 15.5 Å². The van der Waals surface area contributed by atoms with E-state index in [0.29, 0.717) is 5.70 Å². The lowest BCUT2D eigenvalue weighted by Gasteiger charge is -2.03. The molecule has 4 nitrogen and oxygen atoms in total. The van der Waals surface area contributed by atoms with Gasteiger partial charge in [-0.1, -0.05) is 55.9 Å². The third-order valence-electron chi connectivity index (χ3n) is 3.54. The number of imidazole rings is 1. The van der Waals surface area contributed by atoms with Crippen LogP contribution in [-0.4, -0.2) is 24.2 Å². The third-order valence-corrected chi connectivity index (χ3v) is 4.22. The first-order chi connectivity index (χ1) is 14.0. The summed E-state index contributed by atoms with van der Waals surface area (Å²) < 4.78 is 60.6. The van der Waals surface area contributed by atoms with Gasteiger partial charge in [-0.3, -0.25) is 0 Å². The molecule has 0 atom stereocenters. The molecule has 1 aliphatic rings. The summed E-state index contributed by atoms with van der Waals surface area (Å²) in [4.78, 5) is 3.31. The van der Waals surface area contributed by atoms with E-state index in [1.165, 1.54) is 29.1 Å².